The highest BCUT2D eigenvalue weighted by Gasteiger charge is 2.15. The van der Waals surface area contributed by atoms with Gasteiger partial charge in [0.1, 0.15) is 0 Å². The molecule has 0 aromatic heterocycles. The van der Waals surface area contributed by atoms with Gasteiger partial charge in [-0.2, -0.15) is 5.10 Å². The monoisotopic (exact) mass is 371 g/mol. The Bertz CT molecular complexity index is 659. The minimum Gasteiger partial charge on any atom is -0.295 e. The van der Waals surface area contributed by atoms with Crippen molar-refractivity contribution >= 4 is 22.1 Å². The molecule has 0 amide bonds. The Morgan fingerprint density at radius 3 is 2.48 bits per heavy atom. The summed E-state index contributed by atoms with van der Waals surface area (Å²) in [6.45, 7) is 7.25. The molecular weight excluding hydrogens is 350 g/mol. The summed E-state index contributed by atoms with van der Waals surface area (Å²) in [6.07, 6.45) is 1.94. The number of aryl methyl sites for hydroxylation is 1. The van der Waals surface area contributed by atoms with Crippen LogP contribution in [0.2, 0.25) is 0 Å². The second-order valence-corrected chi connectivity index (χ2v) is 6.93. The molecular formula is C19H22BrN3. The van der Waals surface area contributed by atoms with Crippen LogP contribution in [-0.2, 0) is 6.54 Å². The average molecular weight is 372 g/mol. The van der Waals surface area contributed by atoms with Crippen LogP contribution in [0.5, 0.6) is 0 Å². The average Bonchev–Trinajstić information content (AvgIpc) is 2.56. The van der Waals surface area contributed by atoms with Crippen molar-refractivity contribution in [1.82, 2.24) is 9.91 Å². The number of halogens is 1. The molecule has 2 aromatic carbocycles. The van der Waals surface area contributed by atoms with Gasteiger partial charge in [-0.25, -0.2) is 0 Å². The summed E-state index contributed by atoms with van der Waals surface area (Å²) >= 11 is 3.49. The molecule has 3 rings (SSSR count). The van der Waals surface area contributed by atoms with Gasteiger partial charge in [0.05, 0.1) is 6.21 Å². The first kappa shape index (κ1) is 16.2. The zero-order chi connectivity index (χ0) is 16.1. The normalized spacial score (nSPS) is 16.2. The second-order valence-electron chi connectivity index (χ2n) is 6.01. The predicted octanol–water partition coefficient (Wildman–Crippen LogP) is 3.91. The smallest absolute Gasteiger partial charge is 0.0543 e. The standard InChI is InChI=1S/C19H22BrN3/c1-16-5-7-17(8-6-16)15-22-9-11-23(12-10-22)21-14-18-3-2-4-19(20)13-18/h2-8,13-14H,9-12,15H2,1H3/b21-14+. The lowest BCUT2D eigenvalue weighted by Gasteiger charge is -2.33. The van der Waals surface area contributed by atoms with Gasteiger partial charge in [0, 0.05) is 37.2 Å². The van der Waals surface area contributed by atoms with Crippen molar-refractivity contribution in [3.05, 3.63) is 69.7 Å². The van der Waals surface area contributed by atoms with Crippen molar-refractivity contribution in [3.63, 3.8) is 0 Å². The highest BCUT2D eigenvalue weighted by molar-refractivity contribution is 9.10. The van der Waals surface area contributed by atoms with Crippen LogP contribution in [0.25, 0.3) is 0 Å². The first-order chi connectivity index (χ1) is 11.2. The number of nitrogens with zero attached hydrogens (tertiary/aromatic N) is 3. The third-order valence-corrected chi connectivity index (χ3v) is 4.59. The van der Waals surface area contributed by atoms with E-state index in [9.17, 15) is 0 Å². The third kappa shape index (κ3) is 4.91. The largest absolute Gasteiger partial charge is 0.295 e. The van der Waals surface area contributed by atoms with Gasteiger partial charge in [0.25, 0.3) is 0 Å². The van der Waals surface area contributed by atoms with Gasteiger partial charge < -0.3 is 0 Å². The summed E-state index contributed by atoms with van der Waals surface area (Å²) in [7, 11) is 0. The van der Waals surface area contributed by atoms with E-state index in [1.165, 1.54) is 11.1 Å². The molecule has 1 fully saturated rings. The van der Waals surface area contributed by atoms with E-state index in [1.54, 1.807) is 0 Å². The van der Waals surface area contributed by atoms with E-state index in [2.05, 4.69) is 74.3 Å². The number of piperazine rings is 1. The Morgan fingerprint density at radius 1 is 1.04 bits per heavy atom. The topological polar surface area (TPSA) is 18.8 Å². The fourth-order valence-corrected chi connectivity index (χ4v) is 3.11. The van der Waals surface area contributed by atoms with Crippen LogP contribution in [0.15, 0.2) is 58.1 Å². The molecule has 2 aromatic rings. The van der Waals surface area contributed by atoms with Crippen LogP contribution in [0.3, 0.4) is 0 Å². The van der Waals surface area contributed by atoms with E-state index in [0.717, 1.165) is 42.8 Å². The Kier molecular flexibility index (Phi) is 5.47. The molecule has 1 aliphatic rings. The van der Waals surface area contributed by atoms with Crippen LogP contribution < -0.4 is 0 Å². The molecule has 0 spiro atoms. The van der Waals surface area contributed by atoms with Gasteiger partial charge in [-0.15, -0.1) is 0 Å². The minimum atomic E-state index is 0.983. The molecule has 1 aliphatic heterocycles. The lowest BCUT2D eigenvalue weighted by atomic mass is 10.1. The first-order valence-corrected chi connectivity index (χ1v) is 8.81. The van der Waals surface area contributed by atoms with E-state index in [4.69, 9.17) is 0 Å². The maximum atomic E-state index is 4.61. The number of hydrogen-bond acceptors (Lipinski definition) is 3. The summed E-state index contributed by atoms with van der Waals surface area (Å²) in [5.74, 6) is 0. The third-order valence-electron chi connectivity index (χ3n) is 4.09. The summed E-state index contributed by atoms with van der Waals surface area (Å²) in [6, 6.07) is 17.0. The summed E-state index contributed by atoms with van der Waals surface area (Å²) in [5.41, 5.74) is 3.84. The van der Waals surface area contributed by atoms with Gasteiger partial charge in [-0.3, -0.25) is 9.91 Å². The van der Waals surface area contributed by atoms with Crippen molar-refractivity contribution < 1.29 is 0 Å². The Morgan fingerprint density at radius 2 is 1.78 bits per heavy atom. The van der Waals surface area contributed by atoms with E-state index >= 15 is 0 Å². The maximum absolute atomic E-state index is 4.61. The zero-order valence-electron chi connectivity index (χ0n) is 13.5. The quantitative estimate of drug-likeness (QED) is 0.758. The van der Waals surface area contributed by atoms with Crippen LogP contribution in [0, 0.1) is 6.92 Å². The van der Waals surface area contributed by atoms with E-state index in [0.29, 0.717) is 0 Å². The molecule has 0 unspecified atom stereocenters. The lowest BCUT2D eigenvalue weighted by molar-refractivity contribution is 0.131. The fourth-order valence-electron chi connectivity index (χ4n) is 2.70. The Labute approximate surface area is 146 Å². The number of hydrogen-bond donors (Lipinski definition) is 0. The SMILES string of the molecule is Cc1ccc(CN2CCN(/N=C/c3cccc(Br)c3)CC2)cc1. The molecule has 23 heavy (non-hydrogen) atoms. The predicted molar refractivity (Wildman–Crippen MR) is 99.8 cm³/mol. The molecule has 0 N–H and O–H groups in total. The molecule has 3 nitrogen and oxygen atoms in total. The van der Waals surface area contributed by atoms with Crippen molar-refractivity contribution in [3.8, 4) is 0 Å². The van der Waals surface area contributed by atoms with Gasteiger partial charge in [0.15, 0.2) is 0 Å². The van der Waals surface area contributed by atoms with Crippen LogP contribution in [0.1, 0.15) is 16.7 Å². The summed E-state index contributed by atoms with van der Waals surface area (Å²) in [5, 5.41) is 6.77. The molecule has 1 saturated heterocycles. The molecule has 1 heterocycles. The molecule has 120 valence electrons. The molecule has 0 saturated carbocycles. The van der Waals surface area contributed by atoms with Crippen LogP contribution in [-0.4, -0.2) is 42.3 Å². The molecule has 4 heteroatoms. The van der Waals surface area contributed by atoms with Crippen molar-refractivity contribution in [2.24, 2.45) is 5.10 Å². The van der Waals surface area contributed by atoms with Gasteiger partial charge in [-0.05, 0) is 30.2 Å². The number of rotatable bonds is 4. The Hall–Kier alpha value is -1.65. The molecule has 0 atom stereocenters. The number of hydrazone groups is 1. The lowest BCUT2D eigenvalue weighted by Crippen LogP contribution is -2.43. The van der Waals surface area contributed by atoms with Gasteiger partial charge in [-0.1, -0.05) is 57.9 Å². The van der Waals surface area contributed by atoms with Crippen LogP contribution in [0.4, 0.5) is 0 Å². The zero-order valence-corrected chi connectivity index (χ0v) is 15.0. The molecule has 0 radical (unpaired) electrons. The van der Waals surface area contributed by atoms with Crippen molar-refractivity contribution in [1.29, 1.82) is 0 Å². The molecule has 0 bridgehead atoms. The highest BCUT2D eigenvalue weighted by Crippen LogP contribution is 2.12. The van der Waals surface area contributed by atoms with Crippen molar-refractivity contribution in [2.45, 2.75) is 13.5 Å². The second kappa shape index (κ2) is 7.75. The van der Waals surface area contributed by atoms with E-state index < -0.39 is 0 Å². The van der Waals surface area contributed by atoms with E-state index in [1.807, 2.05) is 18.3 Å². The summed E-state index contributed by atoms with van der Waals surface area (Å²) < 4.78 is 1.09. The molecule has 0 aliphatic carbocycles. The van der Waals surface area contributed by atoms with Gasteiger partial charge in [0.2, 0.25) is 0 Å². The Balaban J connectivity index is 1.49. The highest BCUT2D eigenvalue weighted by atomic mass is 79.9. The maximum Gasteiger partial charge on any atom is 0.0543 e. The first-order valence-electron chi connectivity index (χ1n) is 8.01. The van der Waals surface area contributed by atoms with E-state index in [-0.39, 0.29) is 0 Å². The van der Waals surface area contributed by atoms with Crippen LogP contribution >= 0.6 is 15.9 Å². The summed E-state index contributed by atoms with van der Waals surface area (Å²) in [4.78, 5) is 2.50. The minimum absolute atomic E-state index is 0.983. The van der Waals surface area contributed by atoms with Crippen molar-refractivity contribution in [2.75, 3.05) is 26.2 Å². The fraction of sp³-hybridized carbons (Fsp3) is 0.316. The number of benzene rings is 2. The van der Waals surface area contributed by atoms with Gasteiger partial charge >= 0.3 is 0 Å².